The second-order valence-corrected chi connectivity index (χ2v) is 4.60. The van der Waals surface area contributed by atoms with Crippen molar-refractivity contribution in [2.45, 2.75) is 37.8 Å². The molecule has 0 radical (unpaired) electrons. The summed E-state index contributed by atoms with van der Waals surface area (Å²) in [5, 5.41) is 0. The van der Waals surface area contributed by atoms with E-state index in [1.165, 1.54) is 0 Å². The zero-order valence-electron chi connectivity index (χ0n) is 8.46. The van der Waals surface area contributed by atoms with Crippen molar-refractivity contribution in [3.63, 3.8) is 0 Å². The van der Waals surface area contributed by atoms with Gasteiger partial charge in [0.25, 0.3) is 5.92 Å². The molecule has 1 saturated carbocycles. The van der Waals surface area contributed by atoms with Crippen LogP contribution in [0.3, 0.4) is 0 Å². The minimum atomic E-state index is -2.53. The third-order valence-electron chi connectivity index (χ3n) is 3.19. The van der Waals surface area contributed by atoms with Crippen LogP contribution in [-0.4, -0.2) is 22.1 Å². The molecule has 0 aromatic carbocycles. The third-order valence-corrected chi connectivity index (χ3v) is 3.19. The maximum absolute atomic E-state index is 13.0. The molecule has 1 fully saturated rings. The van der Waals surface area contributed by atoms with Gasteiger partial charge in [-0.2, -0.15) is 0 Å². The van der Waals surface area contributed by atoms with E-state index in [1.807, 2.05) is 17.7 Å². The summed E-state index contributed by atoms with van der Waals surface area (Å²) in [6.07, 6.45) is 1.61. The summed E-state index contributed by atoms with van der Waals surface area (Å²) in [5.74, 6) is -1.76. The second-order valence-electron chi connectivity index (χ2n) is 4.60. The van der Waals surface area contributed by atoms with E-state index in [9.17, 15) is 8.78 Å². The molecule has 1 aliphatic heterocycles. The van der Waals surface area contributed by atoms with E-state index in [0.29, 0.717) is 13.2 Å². The summed E-state index contributed by atoms with van der Waals surface area (Å²) < 4.78 is 33.2. The largest absolute Gasteiger partial charge is 0.371 e. The second kappa shape index (κ2) is 2.58. The van der Waals surface area contributed by atoms with Gasteiger partial charge in [-0.25, -0.2) is 13.8 Å². The van der Waals surface area contributed by atoms with Gasteiger partial charge in [-0.15, -0.1) is 0 Å². The highest BCUT2D eigenvalue weighted by molar-refractivity contribution is 5.14. The number of fused-ring (bicyclic) bond motifs is 2. The van der Waals surface area contributed by atoms with Gasteiger partial charge in [0.05, 0.1) is 17.8 Å². The SMILES string of the molecule is Cc1cn2c(n1)COCC21CC(F)(F)C1. The maximum Gasteiger partial charge on any atom is 0.252 e. The van der Waals surface area contributed by atoms with Crippen LogP contribution in [0, 0.1) is 6.92 Å². The Labute approximate surface area is 86.1 Å². The zero-order chi connectivity index (χ0) is 10.7. The highest BCUT2D eigenvalue weighted by atomic mass is 19.3. The lowest BCUT2D eigenvalue weighted by Gasteiger charge is -2.50. The Kier molecular flexibility index (Phi) is 1.60. The first-order chi connectivity index (χ1) is 7.01. The Morgan fingerprint density at radius 1 is 1.47 bits per heavy atom. The fourth-order valence-corrected chi connectivity index (χ4v) is 2.65. The molecule has 82 valence electrons. The van der Waals surface area contributed by atoms with Crippen molar-refractivity contribution in [2.75, 3.05) is 6.61 Å². The molecular weight excluding hydrogens is 202 g/mol. The molecule has 2 aliphatic rings. The van der Waals surface area contributed by atoms with Crippen molar-refractivity contribution < 1.29 is 13.5 Å². The van der Waals surface area contributed by atoms with E-state index in [4.69, 9.17) is 4.74 Å². The van der Waals surface area contributed by atoms with Gasteiger partial charge in [0.2, 0.25) is 0 Å². The number of rotatable bonds is 0. The van der Waals surface area contributed by atoms with Gasteiger partial charge >= 0.3 is 0 Å². The van der Waals surface area contributed by atoms with Crippen LogP contribution in [0.5, 0.6) is 0 Å². The lowest BCUT2D eigenvalue weighted by Crippen LogP contribution is -2.57. The topological polar surface area (TPSA) is 27.1 Å². The number of nitrogens with zero attached hydrogens (tertiary/aromatic N) is 2. The molecule has 0 saturated heterocycles. The lowest BCUT2D eigenvalue weighted by molar-refractivity contribution is -0.186. The molecule has 0 atom stereocenters. The number of imidazole rings is 1. The molecule has 1 spiro atoms. The molecule has 15 heavy (non-hydrogen) atoms. The molecule has 0 N–H and O–H groups in total. The average Bonchev–Trinajstić information content (AvgIpc) is 2.43. The molecule has 1 aromatic heterocycles. The number of halogens is 2. The van der Waals surface area contributed by atoms with Gasteiger partial charge in [-0.3, -0.25) is 0 Å². The summed E-state index contributed by atoms with van der Waals surface area (Å²) in [5.41, 5.74) is 0.336. The van der Waals surface area contributed by atoms with Crippen LogP contribution >= 0.6 is 0 Å². The third kappa shape index (κ3) is 1.22. The first-order valence-corrected chi connectivity index (χ1v) is 5.02. The number of alkyl halides is 2. The van der Waals surface area contributed by atoms with Crippen LogP contribution in [0.2, 0.25) is 0 Å². The van der Waals surface area contributed by atoms with Crippen LogP contribution in [0.1, 0.15) is 24.4 Å². The number of aryl methyl sites for hydroxylation is 1. The number of hydrogen-bond donors (Lipinski definition) is 0. The van der Waals surface area contributed by atoms with Crippen molar-refractivity contribution in [2.24, 2.45) is 0 Å². The normalized spacial score (nSPS) is 26.1. The van der Waals surface area contributed by atoms with Crippen molar-refractivity contribution in [3.05, 3.63) is 17.7 Å². The summed E-state index contributed by atoms with van der Waals surface area (Å²) in [7, 11) is 0. The van der Waals surface area contributed by atoms with Crippen molar-refractivity contribution in [1.29, 1.82) is 0 Å². The summed E-state index contributed by atoms with van der Waals surface area (Å²) in [6.45, 7) is 2.68. The van der Waals surface area contributed by atoms with Crippen LogP contribution in [0.25, 0.3) is 0 Å². The van der Waals surface area contributed by atoms with Crippen molar-refractivity contribution in [1.82, 2.24) is 9.55 Å². The van der Waals surface area contributed by atoms with Crippen LogP contribution < -0.4 is 0 Å². The summed E-state index contributed by atoms with van der Waals surface area (Å²) in [6, 6.07) is 0. The Hall–Kier alpha value is -0.970. The Bertz CT molecular complexity index is 406. The number of hydrogen-bond acceptors (Lipinski definition) is 2. The van der Waals surface area contributed by atoms with Crippen LogP contribution in [-0.2, 0) is 16.9 Å². The Balaban J connectivity index is 2.00. The van der Waals surface area contributed by atoms with Gasteiger partial charge < -0.3 is 9.30 Å². The van der Waals surface area contributed by atoms with Gasteiger partial charge in [0.15, 0.2) is 0 Å². The molecule has 1 aliphatic carbocycles. The first-order valence-electron chi connectivity index (χ1n) is 5.02. The molecule has 0 bridgehead atoms. The maximum atomic E-state index is 13.0. The standard InChI is InChI=1S/C10H12F2N2O/c1-7-2-14-8(13-7)3-15-6-9(14)4-10(11,12)5-9/h2H,3-6H2,1H3. The van der Waals surface area contributed by atoms with Gasteiger partial charge in [0.1, 0.15) is 12.4 Å². The van der Waals surface area contributed by atoms with Crippen molar-refractivity contribution >= 4 is 0 Å². The highest BCUT2D eigenvalue weighted by Crippen LogP contribution is 2.52. The minimum Gasteiger partial charge on any atom is -0.371 e. The fraction of sp³-hybridized carbons (Fsp3) is 0.700. The van der Waals surface area contributed by atoms with Gasteiger partial charge in [0, 0.05) is 19.0 Å². The van der Waals surface area contributed by atoms with Crippen LogP contribution in [0.4, 0.5) is 8.78 Å². The molecule has 0 amide bonds. The number of aromatic nitrogens is 2. The smallest absolute Gasteiger partial charge is 0.252 e. The molecule has 0 unspecified atom stereocenters. The molecule has 1 aromatic rings. The summed E-state index contributed by atoms with van der Waals surface area (Å²) in [4.78, 5) is 4.27. The van der Waals surface area contributed by atoms with E-state index in [-0.39, 0.29) is 12.8 Å². The minimum absolute atomic E-state index is 0.122. The highest BCUT2D eigenvalue weighted by Gasteiger charge is 2.59. The quantitative estimate of drug-likeness (QED) is 0.659. The van der Waals surface area contributed by atoms with E-state index in [2.05, 4.69) is 4.98 Å². The van der Waals surface area contributed by atoms with Crippen molar-refractivity contribution in [3.8, 4) is 0 Å². The Morgan fingerprint density at radius 3 is 2.87 bits per heavy atom. The molecule has 3 rings (SSSR count). The lowest BCUT2D eigenvalue weighted by atomic mass is 9.73. The fourth-order valence-electron chi connectivity index (χ4n) is 2.65. The number of ether oxygens (including phenoxy) is 1. The van der Waals surface area contributed by atoms with Crippen LogP contribution in [0.15, 0.2) is 6.20 Å². The molecule has 2 heterocycles. The molecular formula is C10H12F2N2O. The molecule has 3 nitrogen and oxygen atoms in total. The average molecular weight is 214 g/mol. The summed E-state index contributed by atoms with van der Waals surface area (Å²) >= 11 is 0. The van der Waals surface area contributed by atoms with E-state index in [0.717, 1.165) is 11.5 Å². The Morgan fingerprint density at radius 2 is 2.20 bits per heavy atom. The predicted octanol–water partition coefficient (Wildman–Crippen LogP) is 1.85. The first kappa shape index (κ1) is 9.27. The van der Waals surface area contributed by atoms with Gasteiger partial charge in [-0.1, -0.05) is 0 Å². The van der Waals surface area contributed by atoms with E-state index in [1.54, 1.807) is 0 Å². The van der Waals surface area contributed by atoms with Gasteiger partial charge in [-0.05, 0) is 6.92 Å². The molecule has 5 heteroatoms. The van der Waals surface area contributed by atoms with E-state index >= 15 is 0 Å². The monoisotopic (exact) mass is 214 g/mol. The zero-order valence-corrected chi connectivity index (χ0v) is 8.46. The van der Waals surface area contributed by atoms with E-state index < -0.39 is 11.5 Å². The predicted molar refractivity (Wildman–Crippen MR) is 48.8 cm³/mol.